The molecule has 0 saturated carbocycles. The fourth-order valence-electron chi connectivity index (χ4n) is 1.58. The lowest BCUT2D eigenvalue weighted by molar-refractivity contribution is 0.416. The van der Waals surface area contributed by atoms with E-state index in [1.165, 1.54) is 0 Å². The van der Waals surface area contributed by atoms with E-state index in [1.54, 1.807) is 7.11 Å². The van der Waals surface area contributed by atoms with E-state index in [9.17, 15) is 0 Å². The summed E-state index contributed by atoms with van der Waals surface area (Å²) >= 11 is 11.6. The van der Waals surface area contributed by atoms with Crippen molar-refractivity contribution in [1.82, 2.24) is 0 Å². The Morgan fingerprint density at radius 3 is 1.95 bits per heavy atom. The van der Waals surface area contributed by atoms with Crippen LogP contribution in [0.25, 0.3) is 0 Å². The molecule has 0 bridgehead atoms. The number of rotatable bonds is 3. The molecule has 0 aliphatic carbocycles. The van der Waals surface area contributed by atoms with Gasteiger partial charge in [-0.15, -0.1) is 0 Å². The van der Waals surface area contributed by atoms with Gasteiger partial charge in [-0.25, -0.2) is 0 Å². The molecule has 20 heavy (non-hydrogen) atoms. The van der Waals surface area contributed by atoms with E-state index in [1.807, 2.05) is 56.6 Å². The Morgan fingerprint density at radius 2 is 1.50 bits per heavy atom. The van der Waals surface area contributed by atoms with E-state index in [4.69, 9.17) is 27.9 Å². The second kappa shape index (κ2) is 8.56. The average molecular weight is 313 g/mol. The van der Waals surface area contributed by atoms with Crippen LogP contribution >= 0.6 is 23.2 Å². The maximum atomic E-state index is 5.87. The summed E-state index contributed by atoms with van der Waals surface area (Å²) in [4.78, 5) is 0. The van der Waals surface area contributed by atoms with Crippen molar-refractivity contribution in [1.29, 1.82) is 0 Å². The van der Waals surface area contributed by atoms with E-state index in [-0.39, 0.29) is 0 Å². The lowest BCUT2D eigenvalue weighted by Crippen LogP contribution is -1.93. The number of halogens is 2. The smallest absolute Gasteiger partial charge is 0.143 e. The van der Waals surface area contributed by atoms with E-state index < -0.39 is 0 Å². The van der Waals surface area contributed by atoms with Crippen molar-refractivity contribution in [2.45, 2.75) is 0 Å². The number of ether oxygens (including phenoxy) is 1. The lowest BCUT2D eigenvalue weighted by Gasteiger charge is -2.08. The summed E-state index contributed by atoms with van der Waals surface area (Å²) in [7, 11) is 5.28. The molecule has 0 unspecified atom stereocenters. The van der Waals surface area contributed by atoms with Gasteiger partial charge in [0.25, 0.3) is 0 Å². The minimum atomic E-state index is 0.673. The molecule has 0 aliphatic heterocycles. The van der Waals surface area contributed by atoms with Gasteiger partial charge in [-0.2, -0.15) is 0 Å². The SMILES string of the molecule is CNc1c(Cl)cccc1OC.CNc1ccccc1Cl. The fraction of sp³-hybridized carbons (Fsp3) is 0.200. The molecular weight excluding hydrogens is 295 g/mol. The molecule has 0 aromatic heterocycles. The summed E-state index contributed by atoms with van der Waals surface area (Å²) < 4.78 is 5.07. The first kappa shape index (κ1) is 16.5. The topological polar surface area (TPSA) is 33.3 Å². The number of methoxy groups -OCH3 is 1. The van der Waals surface area contributed by atoms with Gasteiger partial charge in [0.15, 0.2) is 0 Å². The summed E-state index contributed by atoms with van der Waals surface area (Å²) in [6.07, 6.45) is 0. The molecule has 2 N–H and O–H groups in total. The minimum Gasteiger partial charge on any atom is -0.495 e. The van der Waals surface area contributed by atoms with Gasteiger partial charge in [-0.3, -0.25) is 0 Å². The molecule has 0 aliphatic rings. The predicted molar refractivity (Wildman–Crippen MR) is 88.5 cm³/mol. The van der Waals surface area contributed by atoms with Crippen molar-refractivity contribution in [3.05, 3.63) is 52.5 Å². The van der Waals surface area contributed by atoms with Crippen LogP contribution in [-0.2, 0) is 0 Å². The highest BCUT2D eigenvalue weighted by atomic mass is 35.5. The summed E-state index contributed by atoms with van der Waals surface area (Å²) in [6.45, 7) is 0. The zero-order chi connectivity index (χ0) is 15.0. The Balaban J connectivity index is 0.000000204. The number of nitrogens with one attached hydrogen (secondary N) is 2. The largest absolute Gasteiger partial charge is 0.495 e. The first-order valence-corrected chi connectivity index (χ1v) is 6.82. The third-order valence-corrected chi connectivity index (χ3v) is 3.23. The van der Waals surface area contributed by atoms with Crippen LogP contribution in [-0.4, -0.2) is 21.2 Å². The number of para-hydroxylation sites is 2. The van der Waals surface area contributed by atoms with Crippen molar-refractivity contribution in [2.75, 3.05) is 31.8 Å². The Bertz CT molecular complexity index is 547. The molecule has 0 fully saturated rings. The molecular formula is C15H18Cl2N2O. The van der Waals surface area contributed by atoms with Gasteiger partial charge in [0.05, 0.1) is 28.5 Å². The van der Waals surface area contributed by atoms with Gasteiger partial charge in [0.2, 0.25) is 0 Å². The summed E-state index contributed by atoms with van der Waals surface area (Å²) in [6, 6.07) is 13.2. The zero-order valence-corrected chi connectivity index (χ0v) is 13.2. The Morgan fingerprint density at radius 1 is 0.850 bits per heavy atom. The third kappa shape index (κ3) is 4.51. The maximum Gasteiger partial charge on any atom is 0.143 e. The number of hydrogen-bond acceptors (Lipinski definition) is 3. The number of hydrogen-bond donors (Lipinski definition) is 2. The van der Waals surface area contributed by atoms with E-state index in [0.29, 0.717) is 5.02 Å². The average Bonchev–Trinajstić information content (AvgIpc) is 2.48. The van der Waals surface area contributed by atoms with Crippen LogP contribution in [0.4, 0.5) is 11.4 Å². The van der Waals surface area contributed by atoms with Crippen molar-refractivity contribution in [2.24, 2.45) is 0 Å². The molecule has 0 heterocycles. The molecule has 5 heteroatoms. The van der Waals surface area contributed by atoms with Gasteiger partial charge < -0.3 is 15.4 Å². The molecule has 2 aromatic rings. The van der Waals surface area contributed by atoms with Crippen LogP contribution in [0.2, 0.25) is 10.0 Å². The van der Waals surface area contributed by atoms with Gasteiger partial charge in [-0.05, 0) is 24.3 Å². The third-order valence-electron chi connectivity index (χ3n) is 2.59. The molecule has 108 valence electrons. The quantitative estimate of drug-likeness (QED) is 0.856. The Hall–Kier alpha value is -1.58. The predicted octanol–water partition coefficient (Wildman–Crippen LogP) is 4.77. The molecule has 3 nitrogen and oxygen atoms in total. The highest BCUT2D eigenvalue weighted by Crippen LogP contribution is 2.30. The van der Waals surface area contributed by atoms with Gasteiger partial charge in [0, 0.05) is 14.1 Å². The normalized spacial score (nSPS) is 9.25. The second-order valence-electron chi connectivity index (χ2n) is 3.80. The van der Waals surface area contributed by atoms with Crippen molar-refractivity contribution >= 4 is 34.6 Å². The zero-order valence-electron chi connectivity index (χ0n) is 11.7. The summed E-state index contributed by atoms with van der Waals surface area (Å²) in [5, 5.41) is 7.36. The van der Waals surface area contributed by atoms with Crippen LogP contribution in [0.3, 0.4) is 0 Å². The number of anilines is 2. The van der Waals surface area contributed by atoms with Crippen LogP contribution < -0.4 is 15.4 Å². The molecule has 0 radical (unpaired) electrons. The van der Waals surface area contributed by atoms with Crippen LogP contribution in [0.1, 0.15) is 0 Å². The summed E-state index contributed by atoms with van der Waals surface area (Å²) in [5.41, 5.74) is 1.80. The minimum absolute atomic E-state index is 0.673. The van der Waals surface area contributed by atoms with Crippen molar-refractivity contribution in [3.63, 3.8) is 0 Å². The van der Waals surface area contributed by atoms with E-state index >= 15 is 0 Å². The van der Waals surface area contributed by atoms with Crippen molar-refractivity contribution in [3.8, 4) is 5.75 Å². The Labute approximate surface area is 129 Å². The van der Waals surface area contributed by atoms with Gasteiger partial charge >= 0.3 is 0 Å². The first-order valence-electron chi connectivity index (χ1n) is 6.06. The van der Waals surface area contributed by atoms with Crippen LogP contribution in [0.15, 0.2) is 42.5 Å². The van der Waals surface area contributed by atoms with Crippen LogP contribution in [0.5, 0.6) is 5.75 Å². The summed E-state index contributed by atoms with van der Waals surface area (Å²) in [5.74, 6) is 0.764. The van der Waals surface area contributed by atoms with Crippen molar-refractivity contribution < 1.29 is 4.74 Å². The van der Waals surface area contributed by atoms with Crippen LogP contribution in [0, 0.1) is 0 Å². The highest BCUT2D eigenvalue weighted by molar-refractivity contribution is 6.33. The molecule has 0 amide bonds. The Kier molecular flexibility index (Phi) is 7.05. The monoisotopic (exact) mass is 312 g/mol. The number of benzene rings is 2. The highest BCUT2D eigenvalue weighted by Gasteiger charge is 2.03. The molecule has 0 atom stereocenters. The van der Waals surface area contributed by atoms with E-state index in [0.717, 1.165) is 22.1 Å². The van der Waals surface area contributed by atoms with Gasteiger partial charge in [-0.1, -0.05) is 41.4 Å². The lowest BCUT2D eigenvalue weighted by atomic mass is 10.3. The fourth-order valence-corrected chi connectivity index (χ4v) is 2.07. The molecule has 2 rings (SSSR count). The van der Waals surface area contributed by atoms with Gasteiger partial charge in [0.1, 0.15) is 5.75 Å². The molecule has 0 spiro atoms. The second-order valence-corrected chi connectivity index (χ2v) is 4.61. The molecule has 2 aromatic carbocycles. The maximum absolute atomic E-state index is 5.87. The molecule has 0 saturated heterocycles. The standard InChI is InChI=1S/C8H10ClNO.C7H8ClN/c1-10-8-6(9)4-3-5-7(8)11-2;1-9-7-5-3-2-4-6(7)8/h3-5,10H,1-2H3;2-5,9H,1H3. The first-order chi connectivity index (χ1) is 9.63. The van der Waals surface area contributed by atoms with E-state index in [2.05, 4.69) is 10.6 Å².